The topological polar surface area (TPSA) is 78.4 Å². The van der Waals surface area contributed by atoms with E-state index in [9.17, 15) is 0 Å². The molecular weight excluding hydrogens is 386 g/mol. The zero-order chi connectivity index (χ0) is 19.8. The Labute approximate surface area is 172 Å². The molecule has 0 bridgehead atoms. The van der Waals surface area contributed by atoms with Crippen molar-refractivity contribution in [2.24, 2.45) is 0 Å². The van der Waals surface area contributed by atoms with E-state index in [2.05, 4.69) is 24.0 Å². The average Bonchev–Trinajstić information content (AvgIpc) is 3.46. The maximum atomic E-state index is 6.24. The first-order valence-electron chi connectivity index (χ1n) is 9.82. The van der Waals surface area contributed by atoms with E-state index >= 15 is 0 Å². The lowest BCUT2D eigenvalue weighted by Gasteiger charge is -2.13. The molecule has 0 atom stereocenters. The minimum absolute atomic E-state index is 0.487. The molecule has 4 heterocycles. The van der Waals surface area contributed by atoms with Crippen LogP contribution in [-0.4, -0.2) is 33.3 Å². The van der Waals surface area contributed by atoms with Crippen LogP contribution in [0, 0.1) is 13.8 Å². The predicted octanol–water partition coefficient (Wildman–Crippen LogP) is 3.33. The number of likely N-dealkylation sites (tertiary alicyclic amines) is 1. The molecule has 7 nitrogen and oxygen atoms in total. The Bertz CT molecular complexity index is 1130. The highest BCUT2D eigenvalue weighted by atomic mass is 32.1. The molecule has 1 N–H and O–H groups in total. The van der Waals surface area contributed by atoms with Gasteiger partial charge in [-0.1, -0.05) is 0 Å². The summed E-state index contributed by atoms with van der Waals surface area (Å²) < 4.78 is 11.5. The molecule has 1 aliphatic rings. The minimum atomic E-state index is 0.487. The Kier molecular flexibility index (Phi) is 4.73. The van der Waals surface area contributed by atoms with E-state index in [4.69, 9.17) is 19.1 Å². The Morgan fingerprint density at radius 2 is 1.90 bits per heavy atom. The van der Waals surface area contributed by atoms with Crippen LogP contribution in [0.25, 0.3) is 21.7 Å². The summed E-state index contributed by atoms with van der Waals surface area (Å²) in [6.07, 6.45) is 3.89. The van der Waals surface area contributed by atoms with Crippen molar-refractivity contribution in [2.75, 3.05) is 13.1 Å². The van der Waals surface area contributed by atoms with E-state index in [1.54, 1.807) is 16.2 Å². The van der Waals surface area contributed by atoms with Crippen LogP contribution in [0.1, 0.15) is 29.1 Å². The van der Waals surface area contributed by atoms with Crippen molar-refractivity contribution in [3.8, 4) is 23.1 Å². The number of fused-ring (bicyclic) bond motifs is 1. The normalized spacial score (nSPS) is 14.7. The molecule has 0 spiro atoms. The van der Waals surface area contributed by atoms with Crippen molar-refractivity contribution in [1.29, 1.82) is 0 Å². The highest BCUT2D eigenvalue weighted by Crippen LogP contribution is 2.36. The zero-order valence-electron chi connectivity index (χ0n) is 16.4. The smallest absolute Gasteiger partial charge is 0.247 e. The van der Waals surface area contributed by atoms with Gasteiger partial charge in [0, 0.05) is 23.3 Å². The summed E-state index contributed by atoms with van der Waals surface area (Å²) in [4.78, 5) is 13.5. The van der Waals surface area contributed by atoms with Crippen molar-refractivity contribution in [2.45, 2.75) is 33.2 Å². The first kappa shape index (κ1) is 18.2. The van der Waals surface area contributed by atoms with Crippen molar-refractivity contribution in [1.82, 2.24) is 20.2 Å². The highest BCUT2D eigenvalue weighted by molar-refractivity contribution is 7.18. The fraction of sp³-hybridized carbons (Fsp3) is 0.333. The van der Waals surface area contributed by atoms with Gasteiger partial charge in [0.2, 0.25) is 18.2 Å². The Morgan fingerprint density at radius 3 is 2.62 bits per heavy atom. The van der Waals surface area contributed by atoms with E-state index in [1.165, 1.54) is 42.8 Å². The summed E-state index contributed by atoms with van der Waals surface area (Å²) in [6, 6.07) is 7.60. The van der Waals surface area contributed by atoms with Crippen molar-refractivity contribution in [3.05, 3.63) is 46.9 Å². The van der Waals surface area contributed by atoms with Crippen molar-refractivity contribution in [3.63, 3.8) is 0 Å². The molecule has 29 heavy (non-hydrogen) atoms. The van der Waals surface area contributed by atoms with Gasteiger partial charge in [0.25, 0.3) is 0 Å². The third kappa shape index (κ3) is 3.61. The molecule has 0 saturated carbocycles. The number of hydrogen-bond acceptors (Lipinski definition) is 7. The fourth-order valence-corrected chi connectivity index (χ4v) is 4.80. The lowest BCUT2D eigenvalue weighted by Crippen LogP contribution is -3.08. The molecule has 0 aliphatic carbocycles. The molecule has 5 rings (SSSR count). The molecule has 1 aromatic carbocycles. The maximum Gasteiger partial charge on any atom is 0.247 e. The summed E-state index contributed by atoms with van der Waals surface area (Å²) in [6.45, 7) is 7.46. The monoisotopic (exact) mass is 408 g/mol. The number of nitrogens with one attached hydrogen (secondary N) is 1. The molecule has 8 heteroatoms. The molecule has 3 aromatic heterocycles. The quantitative estimate of drug-likeness (QED) is 0.546. The summed E-state index contributed by atoms with van der Waals surface area (Å²) in [5.74, 6) is 2.70. The van der Waals surface area contributed by atoms with E-state index in [0.717, 1.165) is 33.9 Å². The van der Waals surface area contributed by atoms with Crippen LogP contribution in [0.3, 0.4) is 0 Å². The van der Waals surface area contributed by atoms with Crippen LogP contribution in [0.2, 0.25) is 0 Å². The molecule has 0 unspecified atom stereocenters. The molecule has 1 fully saturated rings. The first-order valence-corrected chi connectivity index (χ1v) is 10.6. The summed E-state index contributed by atoms with van der Waals surface area (Å²) >= 11 is 1.71. The molecule has 1 aliphatic heterocycles. The second-order valence-corrected chi connectivity index (χ2v) is 8.62. The Balaban J connectivity index is 1.48. The Hall–Kier alpha value is -2.84. The number of benzene rings is 1. The number of quaternary nitrogens is 1. The number of hydrogen-bond donors (Lipinski definition) is 1. The van der Waals surface area contributed by atoms with E-state index < -0.39 is 0 Å². The second-order valence-electron chi connectivity index (χ2n) is 7.41. The number of aryl methyl sites for hydroxylation is 2. The number of thiophene rings is 1. The van der Waals surface area contributed by atoms with Crippen LogP contribution < -0.4 is 9.64 Å². The van der Waals surface area contributed by atoms with Crippen LogP contribution in [-0.2, 0) is 6.54 Å². The predicted molar refractivity (Wildman–Crippen MR) is 110 cm³/mol. The van der Waals surface area contributed by atoms with E-state index in [-0.39, 0.29) is 0 Å². The summed E-state index contributed by atoms with van der Waals surface area (Å²) in [7, 11) is 0. The van der Waals surface area contributed by atoms with Gasteiger partial charge in [-0.2, -0.15) is 4.98 Å². The van der Waals surface area contributed by atoms with Gasteiger partial charge in [-0.25, -0.2) is 4.98 Å². The van der Waals surface area contributed by atoms with Crippen LogP contribution >= 0.6 is 11.3 Å². The number of nitrogens with zero attached hydrogens (tertiary/aromatic N) is 4. The lowest BCUT2D eigenvalue weighted by atomic mass is 10.2. The third-order valence-electron chi connectivity index (χ3n) is 5.44. The number of aromatic nitrogens is 4. The van der Waals surface area contributed by atoms with Crippen LogP contribution in [0.15, 0.2) is 35.1 Å². The second kappa shape index (κ2) is 7.53. The lowest BCUT2D eigenvalue weighted by molar-refractivity contribution is -0.902. The zero-order valence-corrected chi connectivity index (χ0v) is 17.3. The van der Waals surface area contributed by atoms with Crippen LogP contribution in [0.5, 0.6) is 11.6 Å². The van der Waals surface area contributed by atoms with Gasteiger partial charge in [0.1, 0.15) is 17.1 Å². The molecule has 0 amide bonds. The average molecular weight is 409 g/mol. The number of rotatable bonds is 5. The maximum absolute atomic E-state index is 6.24. The van der Waals surface area contributed by atoms with Crippen LogP contribution in [0.4, 0.5) is 0 Å². The van der Waals surface area contributed by atoms with Crippen molar-refractivity contribution >= 4 is 21.6 Å². The van der Waals surface area contributed by atoms with Gasteiger partial charge in [-0.15, -0.1) is 21.5 Å². The number of ether oxygens (including phenoxy) is 1. The van der Waals surface area contributed by atoms with Gasteiger partial charge < -0.3 is 14.1 Å². The minimum Gasteiger partial charge on any atom is -0.438 e. The Morgan fingerprint density at radius 1 is 1.10 bits per heavy atom. The standard InChI is InChI=1S/C21H21N5O2S/c1-13-14(2)29-21-18(13)20(23-17(24-21)11-26-9-3-4-10-26)28-16-7-5-15(6-8-16)19-25-22-12-27-19/h5-8,12H,3-4,9-11H2,1-2H3/p+1. The van der Waals surface area contributed by atoms with Gasteiger partial charge in [-0.3, -0.25) is 0 Å². The largest absolute Gasteiger partial charge is 0.438 e. The molecular formula is C21H22N5O2S+. The fourth-order valence-electron chi connectivity index (χ4n) is 3.76. The molecule has 0 radical (unpaired) electrons. The summed E-state index contributed by atoms with van der Waals surface area (Å²) in [5.41, 5.74) is 2.03. The van der Waals surface area contributed by atoms with Gasteiger partial charge >= 0.3 is 0 Å². The summed E-state index contributed by atoms with van der Waals surface area (Å²) in [5, 5.41) is 8.67. The van der Waals surface area contributed by atoms with Crippen molar-refractivity contribution < 1.29 is 14.1 Å². The molecule has 148 valence electrons. The van der Waals surface area contributed by atoms with Gasteiger partial charge in [0.15, 0.2) is 5.82 Å². The van der Waals surface area contributed by atoms with E-state index in [1.807, 2.05) is 24.3 Å². The van der Waals surface area contributed by atoms with Gasteiger partial charge in [0.05, 0.1) is 18.5 Å². The molecule has 4 aromatic rings. The van der Waals surface area contributed by atoms with Gasteiger partial charge in [-0.05, 0) is 43.7 Å². The SMILES string of the molecule is Cc1sc2nc(C[NH+]3CCCC3)nc(Oc3ccc(-c4nnco4)cc3)c2c1C. The first-order chi connectivity index (χ1) is 14.2. The third-order valence-corrected chi connectivity index (χ3v) is 6.54. The molecule has 1 saturated heterocycles. The highest BCUT2D eigenvalue weighted by Gasteiger charge is 2.21. The van der Waals surface area contributed by atoms with E-state index in [0.29, 0.717) is 11.8 Å².